The highest BCUT2D eigenvalue weighted by atomic mass is 35.5. The second-order valence-corrected chi connectivity index (χ2v) is 7.29. The van der Waals surface area contributed by atoms with Crippen LogP contribution in [0, 0.1) is 5.92 Å². The smallest absolute Gasteiger partial charge is 0.226 e. The zero-order chi connectivity index (χ0) is 16.5. The molecular formula is C18H16ClN3OS. The van der Waals surface area contributed by atoms with E-state index in [1.807, 2.05) is 42.5 Å². The summed E-state index contributed by atoms with van der Waals surface area (Å²) in [5.74, 6) is 0.0896. The van der Waals surface area contributed by atoms with Gasteiger partial charge in [0.25, 0.3) is 0 Å². The SMILES string of the molecule is O=C(NCc1ccccc1Cl)C1CN(c2nc3ccccc3s2)C1. The number of carbonyl (C=O) groups excluding carboxylic acids is 1. The predicted octanol–water partition coefficient (Wildman–Crippen LogP) is 3.70. The molecular weight excluding hydrogens is 342 g/mol. The minimum absolute atomic E-state index is 0.0134. The molecule has 1 aliphatic rings. The number of benzene rings is 2. The first-order valence-electron chi connectivity index (χ1n) is 7.82. The van der Waals surface area contributed by atoms with Gasteiger partial charge in [-0.1, -0.05) is 53.3 Å². The van der Waals surface area contributed by atoms with E-state index in [2.05, 4.69) is 21.3 Å². The number of anilines is 1. The van der Waals surface area contributed by atoms with Crippen molar-refractivity contribution >= 4 is 44.2 Å². The summed E-state index contributed by atoms with van der Waals surface area (Å²) in [6.07, 6.45) is 0. The summed E-state index contributed by atoms with van der Waals surface area (Å²) in [7, 11) is 0. The highest BCUT2D eigenvalue weighted by molar-refractivity contribution is 7.22. The van der Waals surface area contributed by atoms with Crippen molar-refractivity contribution in [1.82, 2.24) is 10.3 Å². The van der Waals surface area contributed by atoms with Gasteiger partial charge in [-0.25, -0.2) is 4.98 Å². The average molecular weight is 358 g/mol. The van der Waals surface area contributed by atoms with Gasteiger partial charge in [-0.05, 0) is 23.8 Å². The third-order valence-electron chi connectivity index (χ3n) is 4.22. The van der Waals surface area contributed by atoms with Gasteiger partial charge in [-0.3, -0.25) is 4.79 Å². The van der Waals surface area contributed by atoms with E-state index in [0.29, 0.717) is 24.7 Å². The number of hydrogen-bond donors (Lipinski definition) is 1. The number of aromatic nitrogens is 1. The van der Waals surface area contributed by atoms with Crippen LogP contribution >= 0.6 is 22.9 Å². The lowest BCUT2D eigenvalue weighted by atomic mass is 10.00. The van der Waals surface area contributed by atoms with E-state index in [1.165, 1.54) is 4.70 Å². The van der Waals surface area contributed by atoms with E-state index in [0.717, 1.165) is 16.2 Å². The Kier molecular flexibility index (Phi) is 4.12. The highest BCUT2D eigenvalue weighted by Crippen LogP contribution is 2.32. The van der Waals surface area contributed by atoms with E-state index in [-0.39, 0.29) is 11.8 Å². The Morgan fingerprint density at radius 3 is 2.75 bits per heavy atom. The molecule has 1 amide bonds. The van der Waals surface area contributed by atoms with Crippen LogP contribution < -0.4 is 10.2 Å². The molecule has 4 rings (SSSR count). The molecule has 24 heavy (non-hydrogen) atoms. The molecule has 0 spiro atoms. The molecule has 0 atom stereocenters. The highest BCUT2D eigenvalue weighted by Gasteiger charge is 2.34. The quantitative estimate of drug-likeness (QED) is 0.774. The van der Waals surface area contributed by atoms with Crippen LogP contribution in [-0.4, -0.2) is 24.0 Å². The molecule has 0 radical (unpaired) electrons. The minimum Gasteiger partial charge on any atom is -0.352 e. The molecule has 3 aromatic rings. The van der Waals surface area contributed by atoms with Crippen molar-refractivity contribution in [3.63, 3.8) is 0 Å². The van der Waals surface area contributed by atoms with Crippen LogP contribution in [0.5, 0.6) is 0 Å². The second-order valence-electron chi connectivity index (χ2n) is 5.88. The third-order valence-corrected chi connectivity index (χ3v) is 5.68. The zero-order valence-electron chi connectivity index (χ0n) is 12.9. The first kappa shape index (κ1) is 15.4. The Morgan fingerprint density at radius 1 is 1.21 bits per heavy atom. The van der Waals surface area contributed by atoms with Crippen LogP contribution in [-0.2, 0) is 11.3 Å². The molecule has 6 heteroatoms. The molecule has 0 saturated carbocycles. The van der Waals surface area contributed by atoms with Crippen molar-refractivity contribution in [3.8, 4) is 0 Å². The molecule has 1 aromatic heterocycles. The van der Waals surface area contributed by atoms with E-state index in [9.17, 15) is 4.79 Å². The number of halogens is 1. The van der Waals surface area contributed by atoms with E-state index >= 15 is 0 Å². The molecule has 4 nitrogen and oxygen atoms in total. The standard InChI is InChI=1S/C18H16ClN3OS/c19-14-6-2-1-5-12(14)9-20-17(23)13-10-22(11-13)18-21-15-7-3-4-8-16(15)24-18/h1-8,13H,9-11H2,(H,20,23). The molecule has 1 N–H and O–H groups in total. The van der Waals surface area contributed by atoms with Crippen molar-refractivity contribution in [3.05, 3.63) is 59.1 Å². The van der Waals surface area contributed by atoms with Crippen LogP contribution in [0.2, 0.25) is 5.02 Å². The maximum Gasteiger partial charge on any atom is 0.226 e. The van der Waals surface area contributed by atoms with Gasteiger partial charge in [0.2, 0.25) is 5.91 Å². The first-order valence-corrected chi connectivity index (χ1v) is 9.02. The number of carbonyl (C=O) groups is 1. The maximum atomic E-state index is 12.3. The number of nitrogens with zero attached hydrogens (tertiary/aromatic N) is 2. The molecule has 0 aliphatic carbocycles. The van der Waals surface area contributed by atoms with E-state index in [1.54, 1.807) is 11.3 Å². The van der Waals surface area contributed by atoms with Gasteiger partial charge in [-0.2, -0.15) is 0 Å². The summed E-state index contributed by atoms with van der Waals surface area (Å²) >= 11 is 7.78. The van der Waals surface area contributed by atoms with Crippen LogP contribution in [0.1, 0.15) is 5.56 Å². The van der Waals surface area contributed by atoms with Gasteiger partial charge in [0.05, 0.1) is 16.1 Å². The summed E-state index contributed by atoms with van der Waals surface area (Å²) in [4.78, 5) is 19.0. The molecule has 0 bridgehead atoms. The van der Waals surface area contributed by atoms with Crippen LogP contribution in [0.4, 0.5) is 5.13 Å². The number of nitrogens with one attached hydrogen (secondary N) is 1. The van der Waals surface area contributed by atoms with Gasteiger partial charge >= 0.3 is 0 Å². The van der Waals surface area contributed by atoms with Gasteiger partial charge in [0, 0.05) is 24.7 Å². The topological polar surface area (TPSA) is 45.2 Å². The number of hydrogen-bond acceptors (Lipinski definition) is 4. The summed E-state index contributed by atoms with van der Waals surface area (Å²) < 4.78 is 1.18. The van der Waals surface area contributed by atoms with Crippen molar-refractivity contribution in [1.29, 1.82) is 0 Å². The lowest BCUT2D eigenvalue weighted by Gasteiger charge is -2.38. The molecule has 1 aliphatic heterocycles. The monoisotopic (exact) mass is 357 g/mol. The van der Waals surface area contributed by atoms with Crippen LogP contribution in [0.3, 0.4) is 0 Å². The van der Waals surface area contributed by atoms with Gasteiger partial charge in [0.15, 0.2) is 5.13 Å². The molecule has 1 fully saturated rings. The van der Waals surface area contributed by atoms with Crippen LogP contribution in [0.25, 0.3) is 10.2 Å². The fourth-order valence-electron chi connectivity index (χ4n) is 2.76. The number of amides is 1. The Bertz CT molecular complexity index is 856. The summed E-state index contributed by atoms with van der Waals surface area (Å²) in [6, 6.07) is 15.7. The summed E-state index contributed by atoms with van der Waals surface area (Å²) in [5.41, 5.74) is 1.96. The number of para-hydroxylation sites is 1. The minimum atomic E-state index is 0.0134. The van der Waals surface area contributed by atoms with Crippen molar-refractivity contribution in [2.24, 2.45) is 5.92 Å². The van der Waals surface area contributed by atoms with Gasteiger partial charge in [-0.15, -0.1) is 0 Å². The van der Waals surface area contributed by atoms with Crippen molar-refractivity contribution in [2.75, 3.05) is 18.0 Å². The Hall–Kier alpha value is -2.11. The van der Waals surface area contributed by atoms with Crippen LogP contribution in [0.15, 0.2) is 48.5 Å². The molecule has 2 heterocycles. The largest absolute Gasteiger partial charge is 0.352 e. The van der Waals surface area contributed by atoms with Gasteiger partial charge < -0.3 is 10.2 Å². The van der Waals surface area contributed by atoms with E-state index in [4.69, 9.17) is 11.6 Å². The molecule has 122 valence electrons. The lowest BCUT2D eigenvalue weighted by molar-refractivity contribution is -0.125. The Labute approximate surface area is 149 Å². The molecule has 1 saturated heterocycles. The molecule has 2 aromatic carbocycles. The fraction of sp³-hybridized carbons (Fsp3) is 0.222. The van der Waals surface area contributed by atoms with Crippen molar-refractivity contribution < 1.29 is 4.79 Å². The molecule has 0 unspecified atom stereocenters. The predicted molar refractivity (Wildman–Crippen MR) is 98.6 cm³/mol. The summed E-state index contributed by atoms with van der Waals surface area (Å²) in [5, 5.41) is 4.65. The van der Waals surface area contributed by atoms with Crippen molar-refractivity contribution in [2.45, 2.75) is 6.54 Å². The zero-order valence-corrected chi connectivity index (χ0v) is 14.5. The number of thiazole rings is 1. The van der Waals surface area contributed by atoms with E-state index < -0.39 is 0 Å². The first-order chi connectivity index (χ1) is 11.7. The Balaban J connectivity index is 1.33. The second kappa shape index (κ2) is 6.42. The Morgan fingerprint density at radius 2 is 1.96 bits per heavy atom. The lowest BCUT2D eigenvalue weighted by Crippen LogP contribution is -2.53. The number of rotatable bonds is 4. The van der Waals surface area contributed by atoms with Gasteiger partial charge in [0.1, 0.15) is 0 Å². The average Bonchev–Trinajstić information content (AvgIpc) is 2.96. The fourth-order valence-corrected chi connectivity index (χ4v) is 3.95. The normalized spacial score (nSPS) is 14.6. The summed E-state index contributed by atoms with van der Waals surface area (Å²) in [6.45, 7) is 1.90. The maximum absolute atomic E-state index is 12.3. The third kappa shape index (κ3) is 2.97. The number of fused-ring (bicyclic) bond motifs is 1.